The van der Waals surface area contributed by atoms with E-state index in [4.69, 9.17) is 0 Å². The number of anilines is 2. The van der Waals surface area contributed by atoms with E-state index in [9.17, 15) is 9.59 Å². The molecule has 4 heteroatoms. The van der Waals surface area contributed by atoms with Gasteiger partial charge in [-0.2, -0.15) is 0 Å². The van der Waals surface area contributed by atoms with Gasteiger partial charge >= 0.3 is 11.8 Å². The molecule has 0 unspecified atom stereocenters. The van der Waals surface area contributed by atoms with Gasteiger partial charge in [-0.1, -0.05) is 35.9 Å². The third-order valence-corrected chi connectivity index (χ3v) is 3.74. The molecule has 0 saturated carbocycles. The summed E-state index contributed by atoms with van der Waals surface area (Å²) in [6.07, 6.45) is 0. The second kappa shape index (κ2) is 7.09. The Bertz CT molecular complexity index is 700. The zero-order valence-electron chi connectivity index (χ0n) is 14.0. The first-order chi connectivity index (χ1) is 10.9. The smallest absolute Gasteiger partial charge is 0.316 e. The third kappa shape index (κ3) is 3.77. The monoisotopic (exact) mass is 310 g/mol. The Morgan fingerprint density at radius 1 is 1.00 bits per heavy atom. The largest absolute Gasteiger partial charge is 0.317 e. The van der Waals surface area contributed by atoms with Crippen molar-refractivity contribution < 1.29 is 9.59 Å². The predicted octanol–water partition coefficient (Wildman–Crippen LogP) is 3.60. The van der Waals surface area contributed by atoms with Crippen LogP contribution in [0.3, 0.4) is 0 Å². The minimum Gasteiger partial charge on any atom is -0.317 e. The summed E-state index contributed by atoms with van der Waals surface area (Å²) in [5, 5.41) is 2.76. The second-order valence-corrected chi connectivity index (χ2v) is 5.61. The molecule has 23 heavy (non-hydrogen) atoms. The maximum absolute atomic E-state index is 12.5. The van der Waals surface area contributed by atoms with Gasteiger partial charge in [0.05, 0.1) is 0 Å². The van der Waals surface area contributed by atoms with Gasteiger partial charge < -0.3 is 10.2 Å². The highest BCUT2D eigenvalue weighted by Crippen LogP contribution is 2.22. The summed E-state index contributed by atoms with van der Waals surface area (Å²) in [4.78, 5) is 26.3. The fourth-order valence-electron chi connectivity index (χ4n) is 2.72. The number of hydrogen-bond acceptors (Lipinski definition) is 2. The molecular weight excluding hydrogens is 288 g/mol. The van der Waals surface area contributed by atoms with E-state index in [0.717, 1.165) is 16.7 Å². The second-order valence-electron chi connectivity index (χ2n) is 5.61. The predicted molar refractivity (Wildman–Crippen MR) is 93.8 cm³/mol. The average Bonchev–Trinajstić information content (AvgIpc) is 2.52. The molecule has 0 heterocycles. The van der Waals surface area contributed by atoms with Crippen LogP contribution in [0.2, 0.25) is 0 Å². The lowest BCUT2D eigenvalue weighted by Gasteiger charge is -2.21. The van der Waals surface area contributed by atoms with Crippen LogP contribution in [0.1, 0.15) is 23.6 Å². The summed E-state index contributed by atoms with van der Waals surface area (Å²) in [6, 6.07) is 13.2. The van der Waals surface area contributed by atoms with E-state index >= 15 is 0 Å². The third-order valence-electron chi connectivity index (χ3n) is 3.74. The summed E-state index contributed by atoms with van der Waals surface area (Å²) in [6.45, 7) is 8.14. The SMILES string of the molecule is CCN(C(=O)C(=O)Nc1c(C)cc(C)cc1C)c1ccccc1. The van der Waals surface area contributed by atoms with Gasteiger partial charge in [0.15, 0.2) is 0 Å². The van der Waals surface area contributed by atoms with E-state index < -0.39 is 11.8 Å². The molecule has 0 atom stereocenters. The van der Waals surface area contributed by atoms with Gasteiger partial charge in [-0.25, -0.2) is 0 Å². The van der Waals surface area contributed by atoms with E-state index in [1.807, 2.05) is 70.2 Å². The van der Waals surface area contributed by atoms with Crippen molar-refractivity contribution in [3.63, 3.8) is 0 Å². The Balaban J connectivity index is 2.22. The van der Waals surface area contributed by atoms with Crippen molar-refractivity contribution in [1.82, 2.24) is 0 Å². The number of amides is 2. The van der Waals surface area contributed by atoms with Crippen LogP contribution in [0.5, 0.6) is 0 Å². The zero-order chi connectivity index (χ0) is 17.0. The fourth-order valence-corrected chi connectivity index (χ4v) is 2.72. The van der Waals surface area contributed by atoms with Gasteiger partial charge in [0.1, 0.15) is 0 Å². The van der Waals surface area contributed by atoms with Crippen LogP contribution < -0.4 is 10.2 Å². The highest BCUT2D eigenvalue weighted by molar-refractivity contribution is 6.44. The molecular formula is C19H22N2O2. The van der Waals surface area contributed by atoms with Crippen LogP contribution >= 0.6 is 0 Å². The molecule has 2 amide bonds. The van der Waals surface area contributed by atoms with Gasteiger partial charge in [0, 0.05) is 17.9 Å². The number of nitrogens with zero attached hydrogens (tertiary/aromatic N) is 1. The van der Waals surface area contributed by atoms with Crippen molar-refractivity contribution in [3.8, 4) is 0 Å². The van der Waals surface area contributed by atoms with Crippen LogP contribution in [-0.4, -0.2) is 18.4 Å². The quantitative estimate of drug-likeness (QED) is 0.881. The topological polar surface area (TPSA) is 49.4 Å². The van der Waals surface area contributed by atoms with Crippen molar-refractivity contribution in [1.29, 1.82) is 0 Å². The van der Waals surface area contributed by atoms with Gasteiger partial charge in [0.2, 0.25) is 0 Å². The summed E-state index contributed by atoms with van der Waals surface area (Å²) in [7, 11) is 0. The van der Waals surface area contributed by atoms with Crippen LogP contribution in [0, 0.1) is 20.8 Å². The van der Waals surface area contributed by atoms with E-state index in [-0.39, 0.29) is 0 Å². The Labute approximate surface area is 137 Å². The molecule has 0 radical (unpaired) electrons. The molecule has 0 aliphatic carbocycles. The molecule has 0 bridgehead atoms. The Morgan fingerprint density at radius 2 is 1.57 bits per heavy atom. The first-order valence-corrected chi connectivity index (χ1v) is 7.69. The minimum atomic E-state index is -0.620. The highest BCUT2D eigenvalue weighted by atomic mass is 16.2. The number of aryl methyl sites for hydroxylation is 3. The molecule has 0 spiro atoms. The van der Waals surface area contributed by atoms with Crippen LogP contribution in [-0.2, 0) is 9.59 Å². The maximum atomic E-state index is 12.5. The first kappa shape index (κ1) is 16.7. The molecule has 2 aromatic carbocycles. The lowest BCUT2D eigenvalue weighted by Crippen LogP contribution is -2.40. The summed E-state index contributed by atoms with van der Waals surface area (Å²) >= 11 is 0. The number of hydrogen-bond donors (Lipinski definition) is 1. The standard InChI is InChI=1S/C19H22N2O2/c1-5-21(16-9-7-6-8-10-16)19(23)18(22)20-17-14(3)11-13(2)12-15(17)4/h6-12H,5H2,1-4H3,(H,20,22). The van der Waals surface area contributed by atoms with E-state index in [0.29, 0.717) is 17.9 Å². The van der Waals surface area contributed by atoms with Gasteiger partial charge in [-0.05, 0) is 51.0 Å². The number of para-hydroxylation sites is 1. The van der Waals surface area contributed by atoms with E-state index in [2.05, 4.69) is 5.32 Å². The zero-order valence-corrected chi connectivity index (χ0v) is 14.0. The molecule has 4 nitrogen and oxygen atoms in total. The lowest BCUT2D eigenvalue weighted by atomic mass is 10.1. The molecule has 0 aliphatic rings. The number of likely N-dealkylation sites (N-methyl/N-ethyl adjacent to an activating group) is 1. The Hall–Kier alpha value is -2.62. The Morgan fingerprint density at radius 3 is 2.09 bits per heavy atom. The molecule has 2 aromatic rings. The maximum Gasteiger partial charge on any atom is 0.316 e. The lowest BCUT2D eigenvalue weighted by molar-refractivity contribution is -0.134. The van der Waals surface area contributed by atoms with Crippen LogP contribution in [0.4, 0.5) is 11.4 Å². The van der Waals surface area contributed by atoms with Gasteiger partial charge in [0.25, 0.3) is 0 Å². The molecule has 0 fully saturated rings. The summed E-state index contributed by atoms with van der Waals surface area (Å²) in [5.41, 5.74) is 4.45. The summed E-state index contributed by atoms with van der Waals surface area (Å²) < 4.78 is 0. The first-order valence-electron chi connectivity index (χ1n) is 7.69. The minimum absolute atomic E-state index is 0.433. The number of benzene rings is 2. The number of nitrogens with one attached hydrogen (secondary N) is 1. The average molecular weight is 310 g/mol. The molecule has 1 N–H and O–H groups in total. The van der Waals surface area contributed by atoms with Crippen molar-refractivity contribution in [2.75, 3.05) is 16.8 Å². The molecule has 0 aromatic heterocycles. The molecule has 0 saturated heterocycles. The number of rotatable bonds is 3. The van der Waals surface area contributed by atoms with E-state index in [1.165, 1.54) is 4.90 Å². The van der Waals surface area contributed by atoms with Crippen molar-refractivity contribution in [2.24, 2.45) is 0 Å². The van der Waals surface area contributed by atoms with Crippen LogP contribution in [0.15, 0.2) is 42.5 Å². The van der Waals surface area contributed by atoms with Gasteiger partial charge in [-0.15, -0.1) is 0 Å². The normalized spacial score (nSPS) is 10.3. The van der Waals surface area contributed by atoms with Crippen LogP contribution in [0.25, 0.3) is 0 Å². The van der Waals surface area contributed by atoms with Crippen molar-refractivity contribution in [2.45, 2.75) is 27.7 Å². The number of carbonyl (C=O) groups excluding carboxylic acids is 2. The van der Waals surface area contributed by atoms with Gasteiger partial charge in [-0.3, -0.25) is 9.59 Å². The molecule has 120 valence electrons. The molecule has 0 aliphatic heterocycles. The van der Waals surface area contributed by atoms with Crippen molar-refractivity contribution >= 4 is 23.2 Å². The van der Waals surface area contributed by atoms with Crippen molar-refractivity contribution in [3.05, 3.63) is 59.2 Å². The highest BCUT2D eigenvalue weighted by Gasteiger charge is 2.23. The number of carbonyl (C=O) groups is 2. The Kier molecular flexibility index (Phi) is 5.16. The summed E-state index contributed by atoms with van der Waals surface area (Å²) in [5.74, 6) is -1.18. The fraction of sp³-hybridized carbons (Fsp3) is 0.263. The molecule has 2 rings (SSSR count). The van der Waals surface area contributed by atoms with E-state index in [1.54, 1.807) is 0 Å².